The molecule has 0 fully saturated rings. The summed E-state index contributed by atoms with van der Waals surface area (Å²) in [6.45, 7) is 1.67. The molecule has 0 radical (unpaired) electrons. The van der Waals surface area contributed by atoms with Crippen LogP contribution >= 0.6 is 0 Å². The number of para-hydroxylation sites is 2. The highest BCUT2D eigenvalue weighted by Gasteiger charge is 2.17. The van der Waals surface area contributed by atoms with E-state index in [0.717, 1.165) is 5.75 Å². The number of benzene rings is 3. The van der Waals surface area contributed by atoms with Crippen molar-refractivity contribution < 1.29 is 9.53 Å². The first kappa shape index (κ1) is 18.4. The molecule has 6 nitrogen and oxygen atoms in total. The Balaban J connectivity index is 1.48. The molecule has 0 saturated heterocycles. The van der Waals surface area contributed by atoms with Crippen molar-refractivity contribution in [3.8, 4) is 11.5 Å². The Kier molecular flexibility index (Phi) is 5.07. The Labute approximate surface area is 167 Å². The van der Waals surface area contributed by atoms with Gasteiger partial charge in [0.1, 0.15) is 17.5 Å². The molecule has 29 heavy (non-hydrogen) atoms. The van der Waals surface area contributed by atoms with Gasteiger partial charge >= 0.3 is 0 Å². The molecule has 0 aliphatic carbocycles. The first-order valence-electron chi connectivity index (χ1n) is 9.21. The Morgan fingerprint density at radius 2 is 1.59 bits per heavy atom. The van der Waals surface area contributed by atoms with Crippen LogP contribution in [0.4, 0.5) is 5.69 Å². The zero-order chi connectivity index (χ0) is 20.2. The molecule has 0 aliphatic rings. The molecule has 0 unspecified atom stereocenters. The maximum atomic E-state index is 12.7. The van der Waals surface area contributed by atoms with Crippen LogP contribution in [0.3, 0.4) is 0 Å². The van der Waals surface area contributed by atoms with Crippen LogP contribution in [0.1, 0.15) is 13.0 Å². The predicted octanol–water partition coefficient (Wildman–Crippen LogP) is 4.39. The average molecular weight is 385 g/mol. The van der Waals surface area contributed by atoms with E-state index >= 15 is 0 Å². The summed E-state index contributed by atoms with van der Waals surface area (Å²) in [6.07, 6.45) is 1.41. The number of rotatable bonds is 5. The van der Waals surface area contributed by atoms with Crippen molar-refractivity contribution in [3.05, 3.63) is 95.5 Å². The lowest BCUT2D eigenvalue weighted by Crippen LogP contribution is -2.31. The molecule has 0 spiro atoms. The van der Waals surface area contributed by atoms with E-state index in [1.807, 2.05) is 36.4 Å². The fourth-order valence-corrected chi connectivity index (χ4v) is 2.96. The van der Waals surface area contributed by atoms with E-state index < -0.39 is 6.04 Å². The van der Waals surface area contributed by atoms with E-state index in [9.17, 15) is 9.59 Å². The highest BCUT2D eigenvalue weighted by atomic mass is 16.5. The van der Waals surface area contributed by atoms with Gasteiger partial charge in [-0.3, -0.25) is 14.2 Å². The molecule has 144 valence electrons. The second-order valence-electron chi connectivity index (χ2n) is 6.58. The number of anilines is 1. The number of fused-ring (bicyclic) bond motifs is 1. The molecule has 1 heterocycles. The minimum Gasteiger partial charge on any atom is -0.457 e. The summed E-state index contributed by atoms with van der Waals surface area (Å²) in [4.78, 5) is 29.6. The lowest BCUT2D eigenvalue weighted by Gasteiger charge is -2.15. The zero-order valence-electron chi connectivity index (χ0n) is 15.8. The minimum absolute atomic E-state index is 0.246. The highest BCUT2D eigenvalue weighted by molar-refractivity contribution is 5.93. The van der Waals surface area contributed by atoms with E-state index in [2.05, 4.69) is 10.3 Å². The molecule has 4 aromatic rings. The van der Waals surface area contributed by atoms with Crippen LogP contribution in [-0.4, -0.2) is 15.5 Å². The van der Waals surface area contributed by atoms with Gasteiger partial charge in [-0.15, -0.1) is 0 Å². The summed E-state index contributed by atoms with van der Waals surface area (Å²) in [5, 5.41) is 3.31. The monoisotopic (exact) mass is 385 g/mol. The van der Waals surface area contributed by atoms with Crippen LogP contribution in [0.15, 0.2) is 90.0 Å². The quantitative estimate of drug-likeness (QED) is 0.553. The summed E-state index contributed by atoms with van der Waals surface area (Å²) in [5.41, 5.74) is 0.976. The number of nitrogens with zero attached hydrogens (tertiary/aromatic N) is 2. The maximum absolute atomic E-state index is 12.7. The van der Waals surface area contributed by atoms with Gasteiger partial charge in [-0.1, -0.05) is 30.3 Å². The number of carbonyl (C=O) groups excluding carboxylic acids is 1. The molecule has 1 aromatic heterocycles. The smallest absolute Gasteiger partial charge is 0.261 e. The summed E-state index contributed by atoms with van der Waals surface area (Å²) < 4.78 is 7.08. The van der Waals surface area contributed by atoms with Crippen LogP contribution in [-0.2, 0) is 4.79 Å². The molecule has 1 amide bonds. The van der Waals surface area contributed by atoms with E-state index in [4.69, 9.17) is 4.74 Å². The van der Waals surface area contributed by atoms with Crippen LogP contribution in [0.5, 0.6) is 11.5 Å². The van der Waals surface area contributed by atoms with Gasteiger partial charge in [0.05, 0.1) is 17.2 Å². The van der Waals surface area contributed by atoms with Crippen LogP contribution < -0.4 is 15.6 Å². The van der Waals surface area contributed by atoms with E-state index in [1.165, 1.54) is 10.9 Å². The van der Waals surface area contributed by atoms with E-state index in [-0.39, 0.29) is 11.5 Å². The predicted molar refractivity (Wildman–Crippen MR) is 112 cm³/mol. The second-order valence-corrected chi connectivity index (χ2v) is 6.58. The molecule has 3 aromatic carbocycles. The fraction of sp³-hybridized carbons (Fsp3) is 0.0870. The van der Waals surface area contributed by atoms with Crippen molar-refractivity contribution in [2.24, 2.45) is 0 Å². The Bertz CT molecular complexity index is 1200. The van der Waals surface area contributed by atoms with Crippen molar-refractivity contribution in [2.45, 2.75) is 13.0 Å². The van der Waals surface area contributed by atoms with Crippen LogP contribution in [0.25, 0.3) is 10.9 Å². The Morgan fingerprint density at radius 1 is 0.931 bits per heavy atom. The largest absolute Gasteiger partial charge is 0.457 e. The number of aromatic nitrogens is 2. The van der Waals surface area contributed by atoms with Gasteiger partial charge in [-0.25, -0.2) is 4.98 Å². The first-order valence-corrected chi connectivity index (χ1v) is 9.21. The third-order valence-corrected chi connectivity index (χ3v) is 4.59. The molecule has 0 bridgehead atoms. The van der Waals surface area contributed by atoms with Crippen molar-refractivity contribution in [1.82, 2.24) is 9.55 Å². The van der Waals surface area contributed by atoms with E-state index in [0.29, 0.717) is 22.3 Å². The summed E-state index contributed by atoms with van der Waals surface area (Å²) in [6, 6.07) is 22.9. The summed E-state index contributed by atoms with van der Waals surface area (Å²) in [7, 11) is 0. The molecule has 1 atom stereocenters. The van der Waals surface area contributed by atoms with Crippen LogP contribution in [0, 0.1) is 0 Å². The maximum Gasteiger partial charge on any atom is 0.261 e. The lowest BCUT2D eigenvalue weighted by atomic mass is 10.2. The van der Waals surface area contributed by atoms with Gasteiger partial charge in [0.15, 0.2) is 0 Å². The standard InChI is InChI=1S/C23H19N3O3/c1-16(26-15-24-21-10-6-5-9-20(21)23(26)28)22(27)25-17-11-13-19(14-12-17)29-18-7-3-2-4-8-18/h2-16H,1H3,(H,25,27)/t16-/m1/s1. The molecule has 6 heteroatoms. The highest BCUT2D eigenvalue weighted by Crippen LogP contribution is 2.23. The van der Waals surface area contributed by atoms with Gasteiger partial charge in [-0.05, 0) is 55.5 Å². The van der Waals surface area contributed by atoms with Gasteiger partial charge in [-0.2, -0.15) is 0 Å². The first-order chi connectivity index (χ1) is 14.1. The third kappa shape index (κ3) is 4.01. The number of ether oxygens (including phenoxy) is 1. The van der Waals surface area contributed by atoms with Crippen molar-refractivity contribution in [2.75, 3.05) is 5.32 Å². The molecule has 4 rings (SSSR count). The molecule has 0 aliphatic heterocycles. The minimum atomic E-state index is -0.708. The number of amides is 1. The topological polar surface area (TPSA) is 73.2 Å². The normalized spacial score (nSPS) is 11.8. The third-order valence-electron chi connectivity index (χ3n) is 4.59. The van der Waals surface area contributed by atoms with Gasteiger partial charge < -0.3 is 10.1 Å². The number of hydrogen-bond donors (Lipinski definition) is 1. The Hall–Kier alpha value is -3.93. The zero-order valence-corrected chi connectivity index (χ0v) is 15.8. The van der Waals surface area contributed by atoms with E-state index in [1.54, 1.807) is 49.4 Å². The Morgan fingerprint density at radius 3 is 2.34 bits per heavy atom. The summed E-state index contributed by atoms with van der Waals surface area (Å²) >= 11 is 0. The van der Waals surface area contributed by atoms with Gasteiger partial charge in [0, 0.05) is 5.69 Å². The fourth-order valence-electron chi connectivity index (χ4n) is 2.96. The van der Waals surface area contributed by atoms with Gasteiger partial charge in [0.2, 0.25) is 5.91 Å². The SMILES string of the molecule is C[C@H](C(=O)Nc1ccc(Oc2ccccc2)cc1)n1cnc2ccccc2c1=O. The van der Waals surface area contributed by atoms with Crippen molar-refractivity contribution >= 4 is 22.5 Å². The van der Waals surface area contributed by atoms with Crippen molar-refractivity contribution in [1.29, 1.82) is 0 Å². The number of nitrogens with one attached hydrogen (secondary N) is 1. The second kappa shape index (κ2) is 7.98. The van der Waals surface area contributed by atoms with Crippen LogP contribution in [0.2, 0.25) is 0 Å². The molecular formula is C23H19N3O3. The average Bonchev–Trinajstić information content (AvgIpc) is 2.76. The molecule has 1 N–H and O–H groups in total. The summed E-state index contributed by atoms with van der Waals surface area (Å²) in [5.74, 6) is 1.10. The number of carbonyl (C=O) groups is 1. The van der Waals surface area contributed by atoms with Gasteiger partial charge in [0.25, 0.3) is 5.56 Å². The number of hydrogen-bond acceptors (Lipinski definition) is 4. The molecular weight excluding hydrogens is 366 g/mol. The lowest BCUT2D eigenvalue weighted by molar-refractivity contribution is -0.118. The molecule has 0 saturated carbocycles. The van der Waals surface area contributed by atoms with Crippen molar-refractivity contribution in [3.63, 3.8) is 0 Å².